The molecule has 0 fully saturated rings. The summed E-state index contributed by atoms with van der Waals surface area (Å²) < 4.78 is 23.2. The molecule has 14 heteroatoms. The molecule has 0 bridgehead atoms. The number of carbonyl (C=O) groups excluding carboxylic acids is 1. The summed E-state index contributed by atoms with van der Waals surface area (Å²) in [4.78, 5) is 28.7. The van der Waals surface area contributed by atoms with Crippen LogP contribution in [0.4, 0.5) is 5.82 Å². The third-order valence-electron chi connectivity index (χ3n) is 10.2. The van der Waals surface area contributed by atoms with Crippen molar-refractivity contribution in [3.8, 4) is 34.3 Å². The number of imidazole rings is 1. The van der Waals surface area contributed by atoms with Crippen molar-refractivity contribution in [2.24, 2.45) is 0 Å². The van der Waals surface area contributed by atoms with Crippen molar-refractivity contribution in [1.29, 1.82) is 0 Å². The fourth-order valence-electron chi connectivity index (χ4n) is 7.44. The Kier molecular flexibility index (Phi) is 8.39. The standard InChI is InChI=1S/C43H34N10O4/c44-39-31(9-4-16-45-39)40-48-35-14-15-38(52-20-6-18-47-52)50-41(35)53(40)29-11-12-30-28(23-29)10-13-34(30)49-42(54)32-24-33(43-55-21-22-56-43)37(25-36(32)51-19-5-17-46-51)57-26-27-7-2-1-3-8-27/h1-9,11-12,14-25,34,43H,10,13,26H2,(H2,44,45)(H,49,54)/t34-/m0/s1. The third-order valence-corrected chi connectivity index (χ3v) is 10.2. The van der Waals surface area contributed by atoms with Gasteiger partial charge in [-0.15, -0.1) is 0 Å². The van der Waals surface area contributed by atoms with E-state index in [0.717, 1.165) is 28.8 Å². The number of benzene rings is 3. The van der Waals surface area contributed by atoms with Gasteiger partial charge in [-0.05, 0) is 84.1 Å². The summed E-state index contributed by atoms with van der Waals surface area (Å²) in [7, 11) is 0. The summed E-state index contributed by atoms with van der Waals surface area (Å²) in [5, 5.41) is 12.2. The summed E-state index contributed by atoms with van der Waals surface area (Å²) in [5.41, 5.74) is 13.9. The van der Waals surface area contributed by atoms with Crippen LogP contribution in [0.25, 0.3) is 39.7 Å². The highest BCUT2D eigenvalue weighted by Gasteiger charge is 2.30. The first kappa shape index (κ1) is 33.8. The molecule has 280 valence electrons. The van der Waals surface area contributed by atoms with Crippen LogP contribution in [0.15, 0.2) is 141 Å². The second-order valence-corrected chi connectivity index (χ2v) is 13.6. The zero-order valence-electron chi connectivity index (χ0n) is 30.3. The van der Waals surface area contributed by atoms with Crippen LogP contribution >= 0.6 is 0 Å². The normalized spacial score (nSPS) is 14.7. The zero-order chi connectivity index (χ0) is 38.3. The number of fused-ring (bicyclic) bond motifs is 2. The van der Waals surface area contributed by atoms with E-state index in [9.17, 15) is 4.79 Å². The number of pyridine rings is 2. The van der Waals surface area contributed by atoms with Gasteiger partial charge in [0, 0.05) is 42.7 Å². The first-order valence-electron chi connectivity index (χ1n) is 18.4. The Labute approximate surface area is 325 Å². The molecule has 2 aliphatic rings. The molecule has 5 aromatic heterocycles. The summed E-state index contributed by atoms with van der Waals surface area (Å²) in [6.45, 7) is 0.312. The molecule has 1 atom stereocenters. The minimum Gasteiger partial charge on any atom is -0.488 e. The molecule has 0 radical (unpaired) electrons. The van der Waals surface area contributed by atoms with Crippen molar-refractivity contribution in [1.82, 2.24) is 44.4 Å². The molecule has 8 aromatic rings. The molecule has 0 spiro atoms. The zero-order valence-corrected chi connectivity index (χ0v) is 30.3. The van der Waals surface area contributed by atoms with E-state index in [4.69, 9.17) is 29.9 Å². The maximum Gasteiger partial charge on any atom is 0.269 e. The highest BCUT2D eigenvalue weighted by Crippen LogP contribution is 2.39. The molecule has 1 aliphatic heterocycles. The van der Waals surface area contributed by atoms with Gasteiger partial charge in [-0.3, -0.25) is 9.36 Å². The molecule has 10 rings (SSSR count). The van der Waals surface area contributed by atoms with Gasteiger partial charge in [0.15, 0.2) is 17.3 Å². The Morgan fingerprint density at radius 2 is 1.67 bits per heavy atom. The van der Waals surface area contributed by atoms with Gasteiger partial charge in [0.25, 0.3) is 12.2 Å². The van der Waals surface area contributed by atoms with Gasteiger partial charge >= 0.3 is 0 Å². The highest BCUT2D eigenvalue weighted by molar-refractivity contribution is 5.98. The summed E-state index contributed by atoms with van der Waals surface area (Å²) in [5.74, 6) is 1.88. The molecule has 6 heterocycles. The number of hydrogen-bond donors (Lipinski definition) is 2. The van der Waals surface area contributed by atoms with E-state index in [-0.39, 0.29) is 11.9 Å². The monoisotopic (exact) mass is 754 g/mol. The molecule has 3 aromatic carbocycles. The van der Waals surface area contributed by atoms with Gasteiger partial charge in [0.2, 0.25) is 0 Å². The molecule has 57 heavy (non-hydrogen) atoms. The van der Waals surface area contributed by atoms with Gasteiger partial charge in [0.1, 0.15) is 36.2 Å². The van der Waals surface area contributed by atoms with E-state index in [1.54, 1.807) is 40.2 Å². The Morgan fingerprint density at radius 1 is 0.842 bits per heavy atom. The van der Waals surface area contributed by atoms with Crippen molar-refractivity contribution in [3.63, 3.8) is 0 Å². The van der Waals surface area contributed by atoms with E-state index in [2.05, 4.69) is 32.6 Å². The van der Waals surface area contributed by atoms with Gasteiger partial charge in [-0.1, -0.05) is 36.4 Å². The quantitative estimate of drug-likeness (QED) is 0.150. The van der Waals surface area contributed by atoms with E-state index >= 15 is 0 Å². The average Bonchev–Trinajstić information content (AvgIpc) is 4.11. The number of carbonyl (C=O) groups is 1. The Bertz CT molecular complexity index is 2770. The van der Waals surface area contributed by atoms with Crippen LogP contribution in [-0.2, 0) is 22.5 Å². The summed E-state index contributed by atoms with van der Waals surface area (Å²) in [6.07, 6.45) is 12.3. The number of ether oxygens (including phenoxy) is 3. The lowest BCUT2D eigenvalue weighted by atomic mass is 10.0. The largest absolute Gasteiger partial charge is 0.488 e. The van der Waals surface area contributed by atoms with Crippen molar-refractivity contribution in [2.75, 3.05) is 5.73 Å². The number of nitrogen functional groups attached to an aromatic ring is 1. The van der Waals surface area contributed by atoms with E-state index in [1.165, 1.54) is 12.5 Å². The summed E-state index contributed by atoms with van der Waals surface area (Å²) >= 11 is 0. The van der Waals surface area contributed by atoms with Crippen LogP contribution in [0.5, 0.6) is 5.75 Å². The Morgan fingerprint density at radius 3 is 2.46 bits per heavy atom. The first-order valence-corrected chi connectivity index (χ1v) is 18.4. The number of rotatable bonds is 10. The van der Waals surface area contributed by atoms with E-state index in [1.807, 2.05) is 89.6 Å². The number of anilines is 1. The van der Waals surface area contributed by atoms with E-state index in [0.29, 0.717) is 69.8 Å². The van der Waals surface area contributed by atoms with E-state index < -0.39 is 6.29 Å². The number of aryl methyl sites for hydroxylation is 1. The maximum atomic E-state index is 14.4. The second kappa shape index (κ2) is 14.2. The van der Waals surface area contributed by atoms with Crippen molar-refractivity contribution in [2.45, 2.75) is 31.8 Å². The SMILES string of the molecule is Nc1ncccc1-c1nc2ccc(-n3cccn3)nc2n1-c1ccc2c(c1)CC[C@@H]2NC(=O)c1cc(C2OC=CO2)c(OCc2ccccc2)cc1-n1cccn1. The molecule has 1 amide bonds. The molecule has 0 unspecified atom stereocenters. The minimum absolute atomic E-state index is 0.248. The van der Waals surface area contributed by atoms with Crippen LogP contribution in [0, 0.1) is 0 Å². The van der Waals surface area contributed by atoms with Crippen molar-refractivity contribution >= 4 is 22.9 Å². The number of nitrogens with two attached hydrogens (primary N) is 1. The fourth-order valence-corrected chi connectivity index (χ4v) is 7.44. The highest BCUT2D eigenvalue weighted by atomic mass is 16.7. The van der Waals surface area contributed by atoms with Crippen LogP contribution < -0.4 is 15.8 Å². The lowest BCUT2D eigenvalue weighted by Gasteiger charge is -2.21. The lowest BCUT2D eigenvalue weighted by molar-refractivity contribution is -0.0266. The Hall–Kier alpha value is -7.74. The van der Waals surface area contributed by atoms with Gasteiger partial charge in [-0.2, -0.15) is 10.2 Å². The van der Waals surface area contributed by atoms with Crippen LogP contribution in [0.1, 0.15) is 51.4 Å². The number of amides is 1. The minimum atomic E-state index is -0.782. The molecule has 14 nitrogen and oxygen atoms in total. The molecule has 3 N–H and O–H groups in total. The average molecular weight is 755 g/mol. The predicted molar refractivity (Wildman–Crippen MR) is 211 cm³/mol. The third kappa shape index (κ3) is 6.28. The second-order valence-electron chi connectivity index (χ2n) is 13.6. The van der Waals surface area contributed by atoms with Gasteiger partial charge in [0.05, 0.1) is 28.4 Å². The molecular formula is C43H34N10O4. The number of nitrogens with one attached hydrogen (secondary N) is 1. The smallest absolute Gasteiger partial charge is 0.269 e. The fraction of sp³-hybridized carbons (Fsp3) is 0.116. The molecule has 0 saturated heterocycles. The summed E-state index contributed by atoms with van der Waals surface area (Å²) in [6, 6.07) is 30.6. The molecular weight excluding hydrogens is 721 g/mol. The Balaban J connectivity index is 0.997. The van der Waals surface area contributed by atoms with Crippen LogP contribution in [-0.4, -0.2) is 45.0 Å². The lowest BCUT2D eigenvalue weighted by Crippen LogP contribution is -2.28. The predicted octanol–water partition coefficient (Wildman–Crippen LogP) is 6.95. The molecule has 1 aliphatic carbocycles. The topological polar surface area (TPSA) is 162 Å². The number of aromatic nitrogens is 8. The van der Waals surface area contributed by atoms with Crippen molar-refractivity contribution in [3.05, 3.63) is 168 Å². The van der Waals surface area contributed by atoms with Crippen LogP contribution in [0.2, 0.25) is 0 Å². The van der Waals surface area contributed by atoms with Crippen molar-refractivity contribution < 1.29 is 19.0 Å². The van der Waals surface area contributed by atoms with Crippen LogP contribution in [0.3, 0.4) is 0 Å². The van der Waals surface area contributed by atoms with Gasteiger partial charge < -0.3 is 25.3 Å². The maximum absolute atomic E-state index is 14.4. The molecule has 0 saturated carbocycles. The number of hydrogen-bond acceptors (Lipinski definition) is 10. The first-order chi connectivity index (χ1) is 28.1. The van der Waals surface area contributed by atoms with Gasteiger partial charge in [-0.25, -0.2) is 24.3 Å². The number of nitrogens with zero attached hydrogens (tertiary/aromatic N) is 8.